The third-order valence-corrected chi connectivity index (χ3v) is 7.92. The Morgan fingerprint density at radius 1 is 1.29 bits per heavy atom. The summed E-state index contributed by atoms with van der Waals surface area (Å²) >= 11 is 0. The normalized spacial score (nSPS) is 20.4. The molecule has 0 unspecified atom stereocenters. The summed E-state index contributed by atoms with van der Waals surface area (Å²) in [4.78, 5) is 26.0. The molecule has 2 fully saturated rings. The quantitative estimate of drug-likeness (QED) is 0.430. The lowest BCUT2D eigenvalue weighted by Crippen LogP contribution is -2.53. The zero-order valence-corrected chi connectivity index (χ0v) is 21.7. The predicted molar refractivity (Wildman–Crippen MR) is 135 cm³/mol. The van der Waals surface area contributed by atoms with Gasteiger partial charge in [-0.25, -0.2) is 13.6 Å². The molecule has 0 bridgehead atoms. The first-order valence-corrected chi connectivity index (χ1v) is 12.8. The average Bonchev–Trinajstić information content (AvgIpc) is 3.48. The summed E-state index contributed by atoms with van der Waals surface area (Å²) in [7, 11) is 1.58. The Morgan fingerprint density at radius 3 is 2.71 bits per heavy atom. The molecular formula is C27H32F2N4O5. The summed E-state index contributed by atoms with van der Waals surface area (Å²) in [6.45, 7) is 4.85. The number of methoxy groups -OCH3 is 1. The number of piperidine rings is 1. The molecule has 2 aromatic heterocycles. The molecule has 38 heavy (non-hydrogen) atoms. The molecule has 204 valence electrons. The van der Waals surface area contributed by atoms with E-state index in [0.29, 0.717) is 37.2 Å². The summed E-state index contributed by atoms with van der Waals surface area (Å²) in [5, 5.41) is 14.8. The molecule has 1 saturated carbocycles. The molecule has 1 N–H and O–H groups in total. The van der Waals surface area contributed by atoms with Crippen molar-refractivity contribution in [2.45, 2.75) is 64.6 Å². The molecule has 3 aromatic rings. The van der Waals surface area contributed by atoms with E-state index in [2.05, 4.69) is 10.00 Å². The Labute approximate surface area is 218 Å². The van der Waals surface area contributed by atoms with E-state index in [9.17, 15) is 23.5 Å². The minimum Gasteiger partial charge on any atom is -0.496 e. The van der Waals surface area contributed by atoms with Crippen molar-refractivity contribution in [1.29, 1.82) is 0 Å². The standard InChI is InChI=1S/C27H32F2N4O5/c1-4-38-23(34)14-32-12-18(11-30-32)21-10-26(15-27(28,29)16-26)6-8-31(21)13-20-19-5-7-33(25(35)36)24(19)17(2)9-22(20)37-3/h5,7,9,11-12,21H,4,6,8,10,13-16H2,1-3H3,(H,35,36)/t21-/m1/s1. The van der Waals surface area contributed by atoms with Crippen molar-refractivity contribution in [3.63, 3.8) is 0 Å². The van der Waals surface area contributed by atoms with Crippen molar-refractivity contribution in [1.82, 2.24) is 19.2 Å². The lowest BCUT2D eigenvalue weighted by molar-refractivity contribution is -0.186. The van der Waals surface area contributed by atoms with Crippen LogP contribution in [0.3, 0.4) is 0 Å². The smallest absolute Gasteiger partial charge is 0.416 e. The second-order valence-corrected chi connectivity index (χ2v) is 10.5. The zero-order valence-electron chi connectivity index (χ0n) is 21.7. The Hall–Kier alpha value is -3.47. The van der Waals surface area contributed by atoms with E-state index in [1.165, 1.54) is 15.4 Å². The van der Waals surface area contributed by atoms with Gasteiger partial charge in [-0.1, -0.05) is 0 Å². The van der Waals surface area contributed by atoms with Crippen molar-refractivity contribution in [2.75, 3.05) is 20.3 Å². The molecule has 0 amide bonds. The molecule has 0 radical (unpaired) electrons. The summed E-state index contributed by atoms with van der Waals surface area (Å²) in [6.07, 6.45) is 4.87. The highest BCUT2D eigenvalue weighted by Crippen LogP contribution is 2.60. The maximum absolute atomic E-state index is 14.0. The molecule has 11 heteroatoms. The maximum atomic E-state index is 14.0. The van der Waals surface area contributed by atoms with E-state index in [-0.39, 0.29) is 32.0 Å². The fourth-order valence-electron chi connectivity index (χ4n) is 6.31. The van der Waals surface area contributed by atoms with E-state index in [4.69, 9.17) is 9.47 Å². The van der Waals surface area contributed by atoms with Crippen LogP contribution in [0.4, 0.5) is 13.6 Å². The maximum Gasteiger partial charge on any atom is 0.416 e. The number of aryl methyl sites for hydroxylation is 1. The lowest BCUT2D eigenvalue weighted by atomic mass is 9.59. The van der Waals surface area contributed by atoms with E-state index >= 15 is 0 Å². The van der Waals surface area contributed by atoms with Gasteiger partial charge in [0.1, 0.15) is 12.3 Å². The zero-order chi connectivity index (χ0) is 27.2. The van der Waals surface area contributed by atoms with Crippen molar-refractivity contribution in [3.8, 4) is 5.75 Å². The van der Waals surface area contributed by atoms with Crippen LogP contribution in [0.2, 0.25) is 0 Å². The number of halogens is 2. The largest absolute Gasteiger partial charge is 0.496 e. The van der Waals surface area contributed by atoms with Crippen LogP contribution >= 0.6 is 0 Å². The van der Waals surface area contributed by atoms with Crippen molar-refractivity contribution in [3.05, 3.63) is 47.4 Å². The number of esters is 1. The van der Waals surface area contributed by atoms with E-state index < -0.39 is 23.4 Å². The minimum atomic E-state index is -2.63. The number of likely N-dealkylation sites (tertiary alicyclic amines) is 1. The second kappa shape index (κ2) is 9.68. The predicted octanol–water partition coefficient (Wildman–Crippen LogP) is 5.00. The van der Waals surface area contributed by atoms with Crippen LogP contribution in [0, 0.1) is 12.3 Å². The summed E-state index contributed by atoms with van der Waals surface area (Å²) in [5.41, 5.74) is 2.62. The van der Waals surface area contributed by atoms with Gasteiger partial charge in [-0.05, 0) is 56.3 Å². The number of alkyl halides is 2. The topological polar surface area (TPSA) is 98.8 Å². The molecule has 1 spiro atoms. The molecule has 5 rings (SSSR count). The van der Waals surface area contributed by atoms with Gasteiger partial charge >= 0.3 is 12.1 Å². The number of benzene rings is 1. The van der Waals surface area contributed by atoms with Gasteiger partial charge in [-0.2, -0.15) is 5.10 Å². The van der Waals surface area contributed by atoms with Gasteiger partial charge in [0.15, 0.2) is 0 Å². The minimum absolute atomic E-state index is 0.0289. The van der Waals surface area contributed by atoms with Crippen LogP contribution in [0.15, 0.2) is 30.7 Å². The van der Waals surface area contributed by atoms with Crippen LogP contribution in [0.25, 0.3) is 10.9 Å². The summed E-state index contributed by atoms with van der Waals surface area (Å²) in [6, 6.07) is 3.40. The Kier molecular flexibility index (Phi) is 6.66. The second-order valence-electron chi connectivity index (χ2n) is 10.5. The van der Waals surface area contributed by atoms with E-state index in [1.54, 1.807) is 32.5 Å². The lowest BCUT2D eigenvalue weighted by Gasteiger charge is -2.54. The first-order chi connectivity index (χ1) is 18.0. The first kappa shape index (κ1) is 26.1. The summed E-state index contributed by atoms with van der Waals surface area (Å²) < 4.78 is 41.4. The third kappa shape index (κ3) is 4.75. The van der Waals surface area contributed by atoms with Crippen LogP contribution in [-0.4, -0.2) is 62.6 Å². The van der Waals surface area contributed by atoms with Gasteiger partial charge in [-0.15, -0.1) is 0 Å². The fraction of sp³-hybridized carbons (Fsp3) is 0.519. The van der Waals surface area contributed by atoms with E-state index in [1.807, 2.05) is 13.0 Å². The molecule has 3 heterocycles. The van der Waals surface area contributed by atoms with E-state index in [0.717, 1.165) is 22.1 Å². The number of nitrogens with zero attached hydrogens (tertiary/aromatic N) is 4. The van der Waals surface area contributed by atoms with Gasteiger partial charge in [0.25, 0.3) is 0 Å². The average molecular weight is 531 g/mol. The molecular weight excluding hydrogens is 498 g/mol. The molecule has 1 aliphatic heterocycles. The number of carbonyl (C=O) groups excluding carboxylic acids is 1. The number of rotatable bonds is 7. The first-order valence-electron chi connectivity index (χ1n) is 12.8. The highest BCUT2D eigenvalue weighted by molar-refractivity contribution is 5.94. The number of hydrogen-bond donors (Lipinski definition) is 1. The molecule has 1 atom stereocenters. The Morgan fingerprint density at radius 2 is 2.05 bits per heavy atom. The molecule has 1 aliphatic carbocycles. The monoisotopic (exact) mass is 530 g/mol. The Balaban J connectivity index is 1.50. The number of ether oxygens (including phenoxy) is 2. The Bertz CT molecular complexity index is 1370. The van der Waals surface area contributed by atoms with Crippen molar-refractivity contribution >= 4 is 23.0 Å². The number of carbonyl (C=O) groups is 2. The fourth-order valence-corrected chi connectivity index (χ4v) is 6.31. The van der Waals surface area contributed by atoms with Gasteiger partial charge < -0.3 is 14.6 Å². The van der Waals surface area contributed by atoms with Crippen LogP contribution < -0.4 is 4.74 Å². The molecule has 1 aromatic carbocycles. The van der Waals surface area contributed by atoms with Gasteiger partial charge in [0.05, 0.1) is 25.4 Å². The van der Waals surface area contributed by atoms with Gasteiger partial charge in [0, 0.05) is 54.3 Å². The molecule has 9 nitrogen and oxygen atoms in total. The van der Waals surface area contributed by atoms with Crippen molar-refractivity contribution in [2.24, 2.45) is 5.41 Å². The van der Waals surface area contributed by atoms with Gasteiger partial charge in [-0.3, -0.25) is 18.9 Å². The summed E-state index contributed by atoms with van der Waals surface area (Å²) in [5.74, 6) is -2.38. The molecule has 1 saturated heterocycles. The molecule has 2 aliphatic rings. The number of fused-ring (bicyclic) bond motifs is 1. The number of aromatic nitrogens is 3. The number of hydrogen-bond acceptors (Lipinski definition) is 6. The highest BCUT2D eigenvalue weighted by Gasteiger charge is 2.58. The van der Waals surface area contributed by atoms with Crippen LogP contribution in [0.5, 0.6) is 5.75 Å². The number of carboxylic acid groups (broad SMARTS) is 1. The SMILES string of the molecule is CCOC(=O)Cn1cc([C@H]2CC3(CCN2Cc2c(OC)cc(C)c4c2ccn4C(=O)O)CC(F)(F)C3)cn1. The van der Waals surface area contributed by atoms with Crippen molar-refractivity contribution < 1.29 is 33.0 Å². The third-order valence-electron chi connectivity index (χ3n) is 7.92. The highest BCUT2D eigenvalue weighted by atomic mass is 19.3. The van der Waals surface area contributed by atoms with Gasteiger partial charge in [0.2, 0.25) is 5.92 Å². The van der Waals surface area contributed by atoms with Crippen LogP contribution in [-0.2, 0) is 22.6 Å². The van der Waals surface area contributed by atoms with Crippen LogP contribution in [0.1, 0.15) is 55.3 Å².